The molecular formula is C55H38N6O. The van der Waals surface area contributed by atoms with Gasteiger partial charge in [-0.05, 0) is 36.8 Å². The Morgan fingerprint density at radius 2 is 1.15 bits per heavy atom. The molecule has 294 valence electrons. The van der Waals surface area contributed by atoms with Gasteiger partial charge >= 0.3 is 0 Å². The van der Waals surface area contributed by atoms with Crippen LogP contribution < -0.4 is 4.74 Å². The number of benzene rings is 6. The summed E-state index contributed by atoms with van der Waals surface area (Å²) in [5, 5.41) is 1.13. The maximum atomic E-state index is 6.92. The highest BCUT2D eigenvalue weighted by molar-refractivity contribution is 5.96. The minimum Gasteiger partial charge on any atom is -0.484 e. The van der Waals surface area contributed by atoms with Gasteiger partial charge in [-0.2, -0.15) is 0 Å². The molecule has 4 heterocycles. The van der Waals surface area contributed by atoms with Crippen LogP contribution in [0.2, 0.25) is 0 Å². The van der Waals surface area contributed by atoms with Gasteiger partial charge in [0.15, 0.2) is 17.5 Å². The van der Waals surface area contributed by atoms with Crippen LogP contribution in [0.5, 0.6) is 5.75 Å². The normalized spacial score (nSPS) is 17.2. The van der Waals surface area contributed by atoms with Crippen molar-refractivity contribution < 1.29 is 4.74 Å². The maximum absolute atomic E-state index is 6.92. The molecule has 7 heteroatoms. The van der Waals surface area contributed by atoms with Crippen molar-refractivity contribution in [3.05, 3.63) is 229 Å². The van der Waals surface area contributed by atoms with Gasteiger partial charge in [-0.15, -0.1) is 0 Å². The molecule has 3 atom stereocenters. The minimum atomic E-state index is -0.230. The van der Waals surface area contributed by atoms with Crippen LogP contribution in [0.3, 0.4) is 0 Å². The van der Waals surface area contributed by atoms with Crippen molar-refractivity contribution in [2.45, 2.75) is 24.4 Å². The fourth-order valence-corrected chi connectivity index (χ4v) is 9.19. The van der Waals surface area contributed by atoms with Crippen LogP contribution in [-0.4, -0.2) is 29.5 Å². The zero-order valence-electron chi connectivity index (χ0n) is 33.6. The Bertz CT molecular complexity index is 3190. The number of aromatic nitrogens is 6. The number of fused-ring (bicyclic) bond motifs is 7. The average molecular weight is 799 g/mol. The van der Waals surface area contributed by atoms with Crippen LogP contribution >= 0.6 is 0 Å². The summed E-state index contributed by atoms with van der Waals surface area (Å²) in [6.07, 6.45) is 11.5. The summed E-state index contributed by atoms with van der Waals surface area (Å²) in [6.45, 7) is 0. The number of rotatable bonds is 7. The predicted molar refractivity (Wildman–Crippen MR) is 246 cm³/mol. The maximum Gasteiger partial charge on any atom is 0.165 e. The first-order chi connectivity index (χ1) is 30.7. The van der Waals surface area contributed by atoms with E-state index in [0.29, 0.717) is 17.5 Å². The van der Waals surface area contributed by atoms with E-state index in [2.05, 4.69) is 144 Å². The first-order valence-electron chi connectivity index (χ1n) is 21.1. The first kappa shape index (κ1) is 35.9. The number of ether oxygens (including phenoxy) is 1. The van der Waals surface area contributed by atoms with Crippen molar-refractivity contribution in [2.24, 2.45) is 0 Å². The van der Waals surface area contributed by atoms with Gasteiger partial charge in [0.05, 0.1) is 22.6 Å². The van der Waals surface area contributed by atoms with Gasteiger partial charge in [0.25, 0.3) is 0 Å². The number of hydrogen-bond donors (Lipinski definition) is 0. The van der Waals surface area contributed by atoms with E-state index in [9.17, 15) is 0 Å². The van der Waals surface area contributed by atoms with E-state index in [1.54, 1.807) is 0 Å². The highest BCUT2D eigenvalue weighted by atomic mass is 16.5. The topological polar surface area (TPSA) is 78.6 Å². The molecular weight excluding hydrogens is 761 g/mol. The Morgan fingerprint density at radius 3 is 1.85 bits per heavy atom. The highest BCUT2D eigenvalue weighted by Crippen LogP contribution is 2.55. The summed E-state index contributed by atoms with van der Waals surface area (Å²) < 4.78 is 9.28. The lowest BCUT2D eigenvalue weighted by atomic mass is 9.82. The van der Waals surface area contributed by atoms with Crippen LogP contribution in [-0.2, 0) is 0 Å². The molecule has 6 aromatic carbocycles. The fourth-order valence-electron chi connectivity index (χ4n) is 9.19. The van der Waals surface area contributed by atoms with Gasteiger partial charge in [-0.1, -0.05) is 170 Å². The van der Waals surface area contributed by atoms with Crippen LogP contribution in [0.1, 0.15) is 52.8 Å². The molecule has 9 aromatic rings. The van der Waals surface area contributed by atoms with Crippen LogP contribution in [0.15, 0.2) is 200 Å². The lowest BCUT2D eigenvalue weighted by Crippen LogP contribution is -2.19. The zero-order chi connectivity index (χ0) is 41.0. The summed E-state index contributed by atoms with van der Waals surface area (Å²) in [6, 6.07) is 58.5. The smallest absolute Gasteiger partial charge is 0.165 e. The molecule has 0 radical (unpaired) electrons. The van der Waals surface area contributed by atoms with Crippen molar-refractivity contribution >= 4 is 16.5 Å². The molecule has 0 saturated carbocycles. The van der Waals surface area contributed by atoms with Gasteiger partial charge in [-0.3, -0.25) is 0 Å². The Balaban J connectivity index is 1.05. The fraction of sp³-hybridized carbons (Fsp3) is 0.0727. The van der Waals surface area contributed by atoms with Gasteiger partial charge < -0.3 is 9.30 Å². The first-order valence-corrected chi connectivity index (χ1v) is 21.1. The van der Waals surface area contributed by atoms with E-state index in [0.717, 1.165) is 90.6 Å². The molecule has 3 unspecified atom stereocenters. The largest absolute Gasteiger partial charge is 0.484 e. The Morgan fingerprint density at radius 1 is 0.532 bits per heavy atom. The molecule has 0 spiro atoms. The summed E-state index contributed by atoms with van der Waals surface area (Å²) in [7, 11) is 0. The second kappa shape index (κ2) is 14.9. The van der Waals surface area contributed by atoms with Gasteiger partial charge in [0.2, 0.25) is 0 Å². The SMILES string of the molecule is C1=CCC(c2nc(C3=CC4c5ccccc5OC4c4c3n(-c3ccc(-c5cc(-c6ccccc6)nc(-c6ccccc6)n5)cc3)c3ccccc43)nc(-c3ccccc3)n2)C=C1. The van der Waals surface area contributed by atoms with Crippen molar-refractivity contribution in [2.75, 3.05) is 0 Å². The van der Waals surface area contributed by atoms with Crippen LogP contribution in [0.25, 0.3) is 67.5 Å². The molecule has 0 fully saturated rings. The Hall–Kier alpha value is -8.03. The second-order valence-corrected chi connectivity index (χ2v) is 15.9. The highest BCUT2D eigenvalue weighted by Gasteiger charge is 2.43. The van der Waals surface area contributed by atoms with Crippen molar-refractivity contribution in [3.8, 4) is 56.7 Å². The summed E-state index contributed by atoms with van der Waals surface area (Å²) in [4.78, 5) is 25.9. The standard InChI is InChI=1S/C55H38N6O/c1-5-17-35(18-6-1)45-34-46(57-52(56-45)37-19-7-2-8-20-37)36-29-31-40(32-30-36)61-47-27-15-13-26-42(47)49-50(61)44(33-43-41-25-14-16-28-48(41)62-51(43)49)55-59-53(38-21-9-3-10-22-38)58-54(60-55)39-23-11-4-12-24-39/h1-23,25-34,39,43,51H,24H2. The van der Waals surface area contributed by atoms with Crippen LogP contribution in [0.4, 0.5) is 0 Å². The predicted octanol–water partition coefficient (Wildman–Crippen LogP) is 12.5. The molecule has 1 aliphatic heterocycles. The third kappa shape index (κ3) is 6.17. The molecule has 0 amide bonds. The molecule has 0 N–H and O–H groups in total. The molecule has 2 aliphatic carbocycles. The molecule has 12 rings (SSSR count). The molecule has 62 heavy (non-hydrogen) atoms. The van der Waals surface area contributed by atoms with E-state index < -0.39 is 0 Å². The number of para-hydroxylation sites is 2. The van der Waals surface area contributed by atoms with E-state index in [-0.39, 0.29) is 17.9 Å². The minimum absolute atomic E-state index is 0.0289. The summed E-state index contributed by atoms with van der Waals surface area (Å²) in [5.41, 5.74) is 12.0. The van der Waals surface area contributed by atoms with E-state index in [1.165, 1.54) is 0 Å². The van der Waals surface area contributed by atoms with E-state index in [4.69, 9.17) is 29.7 Å². The zero-order valence-corrected chi connectivity index (χ0v) is 33.6. The van der Waals surface area contributed by atoms with Crippen molar-refractivity contribution in [3.63, 3.8) is 0 Å². The average Bonchev–Trinajstić information content (AvgIpc) is 3.91. The molecule has 0 bridgehead atoms. The molecule has 0 saturated heterocycles. The van der Waals surface area contributed by atoms with Crippen molar-refractivity contribution in [1.82, 2.24) is 29.5 Å². The second-order valence-electron chi connectivity index (χ2n) is 15.9. The van der Waals surface area contributed by atoms with Crippen LogP contribution in [0, 0.1) is 0 Å². The lowest BCUT2D eigenvalue weighted by Gasteiger charge is -2.26. The summed E-state index contributed by atoms with van der Waals surface area (Å²) >= 11 is 0. The van der Waals surface area contributed by atoms with E-state index in [1.807, 2.05) is 60.7 Å². The number of allylic oxidation sites excluding steroid dienone is 4. The number of nitrogens with zero attached hydrogens (tertiary/aromatic N) is 6. The van der Waals surface area contributed by atoms with Gasteiger partial charge in [0.1, 0.15) is 17.7 Å². The van der Waals surface area contributed by atoms with Gasteiger partial charge in [-0.25, -0.2) is 24.9 Å². The quantitative estimate of drug-likeness (QED) is 0.160. The Labute approximate surface area is 359 Å². The van der Waals surface area contributed by atoms with Gasteiger partial charge in [0, 0.05) is 61.9 Å². The third-order valence-electron chi connectivity index (χ3n) is 12.1. The molecule has 7 nitrogen and oxygen atoms in total. The van der Waals surface area contributed by atoms with E-state index >= 15 is 0 Å². The monoisotopic (exact) mass is 798 g/mol. The molecule has 3 aromatic heterocycles. The molecule has 3 aliphatic rings. The Kier molecular flexibility index (Phi) is 8.62. The van der Waals surface area contributed by atoms with Crippen molar-refractivity contribution in [1.29, 1.82) is 0 Å². The lowest BCUT2D eigenvalue weighted by molar-refractivity contribution is 0.224. The number of hydrogen-bond acceptors (Lipinski definition) is 6. The summed E-state index contributed by atoms with van der Waals surface area (Å²) in [5.74, 6) is 3.63. The third-order valence-corrected chi connectivity index (χ3v) is 12.1.